The lowest BCUT2D eigenvalue weighted by molar-refractivity contribution is -0.123. The number of Topliss-reactive ketones (excluding diaryl/α,β-unsaturated/α-hetero) is 1. The van der Waals surface area contributed by atoms with Gasteiger partial charge in [0.1, 0.15) is 0 Å². The molecule has 0 aliphatic rings. The third kappa shape index (κ3) is 4.25. The van der Waals surface area contributed by atoms with Crippen LogP contribution in [-0.2, 0) is 4.79 Å². The van der Waals surface area contributed by atoms with Gasteiger partial charge in [-0.3, -0.25) is 4.79 Å². The Morgan fingerprint density at radius 1 is 1.38 bits per heavy atom. The maximum Gasteiger partial charge on any atom is 0.163 e. The van der Waals surface area contributed by atoms with Gasteiger partial charge in [0.05, 0.1) is 0 Å². The second kappa shape index (κ2) is 4.59. The van der Waals surface area contributed by atoms with E-state index in [9.17, 15) is 4.79 Å². The maximum atomic E-state index is 11.7. The topological polar surface area (TPSA) is 17.1 Å². The quantitative estimate of drug-likeness (QED) is 0.594. The maximum absolute atomic E-state index is 11.7. The van der Waals surface area contributed by atoms with E-state index in [1.807, 2.05) is 13.8 Å². The lowest BCUT2D eigenvalue weighted by Crippen LogP contribution is -2.25. The van der Waals surface area contributed by atoms with Crippen molar-refractivity contribution in [3.63, 3.8) is 0 Å². The van der Waals surface area contributed by atoms with Crippen LogP contribution in [0.5, 0.6) is 0 Å². The predicted molar refractivity (Wildman–Crippen MR) is 57.7 cm³/mol. The molecule has 0 amide bonds. The summed E-state index contributed by atoms with van der Waals surface area (Å²) >= 11 is 0. The molecule has 0 atom stereocenters. The van der Waals surface area contributed by atoms with E-state index >= 15 is 0 Å². The van der Waals surface area contributed by atoms with Gasteiger partial charge in [0, 0.05) is 5.41 Å². The average molecular weight is 182 g/mol. The predicted octanol–water partition coefficient (Wildman–Crippen LogP) is 3.59. The molecule has 0 aliphatic heterocycles. The summed E-state index contributed by atoms with van der Waals surface area (Å²) in [7, 11) is 0. The van der Waals surface area contributed by atoms with Crippen molar-refractivity contribution in [2.24, 2.45) is 11.3 Å². The highest BCUT2D eigenvalue weighted by molar-refractivity contribution is 5.98. The highest BCUT2D eigenvalue weighted by Crippen LogP contribution is 2.28. The molecule has 13 heavy (non-hydrogen) atoms. The summed E-state index contributed by atoms with van der Waals surface area (Å²) in [6.07, 6.45) is 2.06. The zero-order valence-corrected chi connectivity index (χ0v) is 9.61. The first-order chi connectivity index (χ1) is 5.77. The van der Waals surface area contributed by atoms with Gasteiger partial charge >= 0.3 is 0 Å². The molecule has 0 saturated carbocycles. The molecule has 0 bridgehead atoms. The number of carbonyl (C=O) groups excluding carboxylic acids is 1. The van der Waals surface area contributed by atoms with Crippen molar-refractivity contribution >= 4 is 5.78 Å². The van der Waals surface area contributed by atoms with Crippen LogP contribution in [0.3, 0.4) is 0 Å². The number of allylic oxidation sites excluding steroid dienone is 1. The SMILES string of the molecule is C=C(C)C(=O)C(C)(C)CCC(C)C. The Hall–Kier alpha value is -0.590. The fraction of sp³-hybridized carbons (Fsp3) is 0.750. The summed E-state index contributed by atoms with van der Waals surface area (Å²) in [5.74, 6) is 0.866. The lowest BCUT2D eigenvalue weighted by Gasteiger charge is -2.23. The lowest BCUT2D eigenvalue weighted by atomic mass is 9.79. The molecule has 0 fully saturated rings. The Kier molecular flexibility index (Phi) is 4.38. The van der Waals surface area contributed by atoms with Gasteiger partial charge in [0.25, 0.3) is 0 Å². The summed E-state index contributed by atoms with van der Waals surface area (Å²) in [6, 6.07) is 0. The third-order valence-electron chi connectivity index (χ3n) is 2.35. The molecular formula is C12H22O. The van der Waals surface area contributed by atoms with Crippen molar-refractivity contribution in [2.45, 2.75) is 47.5 Å². The summed E-state index contributed by atoms with van der Waals surface area (Å²) < 4.78 is 0. The van der Waals surface area contributed by atoms with Gasteiger partial charge in [0.15, 0.2) is 5.78 Å². The van der Waals surface area contributed by atoms with Crippen LogP contribution in [0.25, 0.3) is 0 Å². The van der Waals surface area contributed by atoms with Crippen molar-refractivity contribution < 1.29 is 4.79 Å². The highest BCUT2D eigenvalue weighted by atomic mass is 16.1. The van der Waals surface area contributed by atoms with Crippen LogP contribution < -0.4 is 0 Å². The number of hydrogen-bond acceptors (Lipinski definition) is 1. The van der Waals surface area contributed by atoms with Gasteiger partial charge in [-0.1, -0.05) is 40.7 Å². The molecule has 0 aromatic rings. The monoisotopic (exact) mass is 182 g/mol. The number of carbonyl (C=O) groups is 1. The van der Waals surface area contributed by atoms with Crippen LogP contribution in [0.4, 0.5) is 0 Å². The number of rotatable bonds is 5. The van der Waals surface area contributed by atoms with Crippen molar-refractivity contribution in [1.29, 1.82) is 0 Å². The van der Waals surface area contributed by atoms with Gasteiger partial charge < -0.3 is 0 Å². The minimum atomic E-state index is -0.226. The molecular weight excluding hydrogens is 160 g/mol. The first-order valence-corrected chi connectivity index (χ1v) is 4.97. The molecule has 0 unspecified atom stereocenters. The summed E-state index contributed by atoms with van der Waals surface area (Å²) in [5, 5.41) is 0. The van der Waals surface area contributed by atoms with E-state index in [1.54, 1.807) is 6.92 Å². The molecule has 76 valence electrons. The normalized spacial score (nSPS) is 11.8. The van der Waals surface area contributed by atoms with Gasteiger partial charge in [-0.25, -0.2) is 0 Å². The van der Waals surface area contributed by atoms with Crippen LogP contribution in [-0.4, -0.2) is 5.78 Å². The van der Waals surface area contributed by atoms with Crippen LogP contribution >= 0.6 is 0 Å². The zero-order chi connectivity index (χ0) is 10.6. The van der Waals surface area contributed by atoms with E-state index in [0.29, 0.717) is 11.5 Å². The van der Waals surface area contributed by atoms with E-state index in [0.717, 1.165) is 12.8 Å². The molecule has 0 N–H and O–H groups in total. The molecule has 0 heterocycles. The molecule has 1 nitrogen and oxygen atoms in total. The summed E-state index contributed by atoms with van der Waals surface area (Å²) in [4.78, 5) is 11.7. The highest BCUT2D eigenvalue weighted by Gasteiger charge is 2.27. The second-order valence-electron chi connectivity index (χ2n) is 4.93. The van der Waals surface area contributed by atoms with E-state index < -0.39 is 0 Å². The summed E-state index contributed by atoms with van der Waals surface area (Å²) in [6.45, 7) is 13.9. The first-order valence-electron chi connectivity index (χ1n) is 4.97. The molecule has 0 spiro atoms. The summed E-state index contributed by atoms with van der Waals surface area (Å²) in [5.41, 5.74) is 0.449. The molecule has 0 radical (unpaired) electrons. The molecule has 1 heteroatoms. The molecule has 0 aromatic carbocycles. The van der Waals surface area contributed by atoms with E-state index in [-0.39, 0.29) is 11.2 Å². The van der Waals surface area contributed by atoms with Crippen molar-refractivity contribution in [2.75, 3.05) is 0 Å². The van der Waals surface area contributed by atoms with Crippen LogP contribution in [0.2, 0.25) is 0 Å². The zero-order valence-electron chi connectivity index (χ0n) is 9.61. The smallest absolute Gasteiger partial charge is 0.163 e. The largest absolute Gasteiger partial charge is 0.294 e. The fourth-order valence-electron chi connectivity index (χ4n) is 1.34. The van der Waals surface area contributed by atoms with Gasteiger partial charge in [0.2, 0.25) is 0 Å². The molecule has 0 aliphatic carbocycles. The van der Waals surface area contributed by atoms with Gasteiger partial charge in [-0.2, -0.15) is 0 Å². The van der Waals surface area contributed by atoms with E-state index in [2.05, 4.69) is 20.4 Å². The molecule has 0 aromatic heterocycles. The Morgan fingerprint density at radius 3 is 2.15 bits per heavy atom. The van der Waals surface area contributed by atoms with E-state index in [4.69, 9.17) is 0 Å². The molecule has 0 saturated heterocycles. The minimum Gasteiger partial charge on any atom is -0.294 e. The molecule has 0 rings (SSSR count). The van der Waals surface area contributed by atoms with Crippen molar-refractivity contribution in [3.05, 3.63) is 12.2 Å². The standard InChI is InChI=1S/C12H22O/c1-9(2)7-8-12(5,6)11(13)10(3)4/h9H,3,7-8H2,1-2,4-6H3. The van der Waals surface area contributed by atoms with Gasteiger partial charge in [-0.05, 0) is 24.8 Å². The minimum absolute atomic E-state index is 0.202. The Bertz CT molecular complexity index is 199. The Labute approximate surface area is 82.2 Å². The van der Waals surface area contributed by atoms with E-state index in [1.165, 1.54) is 0 Å². The number of ketones is 1. The van der Waals surface area contributed by atoms with Crippen LogP contribution in [0.15, 0.2) is 12.2 Å². The Balaban J connectivity index is 4.22. The van der Waals surface area contributed by atoms with Crippen LogP contribution in [0.1, 0.15) is 47.5 Å². The Morgan fingerprint density at radius 2 is 1.85 bits per heavy atom. The first kappa shape index (κ1) is 12.4. The van der Waals surface area contributed by atoms with Crippen molar-refractivity contribution in [3.8, 4) is 0 Å². The average Bonchev–Trinajstić information content (AvgIpc) is 1.99. The second-order valence-corrected chi connectivity index (χ2v) is 4.93. The van der Waals surface area contributed by atoms with Gasteiger partial charge in [-0.15, -0.1) is 0 Å². The number of hydrogen-bond donors (Lipinski definition) is 0. The van der Waals surface area contributed by atoms with Crippen molar-refractivity contribution in [1.82, 2.24) is 0 Å². The van der Waals surface area contributed by atoms with Crippen LogP contribution in [0, 0.1) is 11.3 Å². The fourth-order valence-corrected chi connectivity index (χ4v) is 1.34. The third-order valence-corrected chi connectivity index (χ3v) is 2.35.